The zero-order valence-electron chi connectivity index (χ0n) is 10.1. The Balaban J connectivity index is 2.23. The fraction of sp³-hybridized carbons (Fsp3) is 0.143. The predicted molar refractivity (Wildman–Crippen MR) is 80.9 cm³/mol. The summed E-state index contributed by atoms with van der Waals surface area (Å²) >= 11 is 11.8. The zero-order chi connectivity index (χ0) is 13.8. The minimum Gasteiger partial charge on any atom is -0.326 e. The highest BCUT2D eigenvalue weighted by Crippen LogP contribution is 2.25. The summed E-state index contributed by atoms with van der Waals surface area (Å²) in [6, 6.07) is 12.8. The molecule has 2 aromatic rings. The third-order valence-electron chi connectivity index (χ3n) is 2.78. The molecule has 2 aromatic carbocycles. The van der Waals surface area contributed by atoms with Crippen molar-refractivity contribution in [1.82, 2.24) is 0 Å². The van der Waals surface area contributed by atoms with Crippen molar-refractivity contribution < 1.29 is 4.21 Å². The Morgan fingerprint density at radius 1 is 1.00 bits per heavy atom. The van der Waals surface area contributed by atoms with Crippen molar-refractivity contribution >= 4 is 34.0 Å². The molecule has 0 saturated heterocycles. The van der Waals surface area contributed by atoms with Gasteiger partial charge in [0, 0.05) is 11.4 Å². The molecule has 2 N–H and O–H groups in total. The highest BCUT2D eigenvalue weighted by Gasteiger charge is 2.09. The van der Waals surface area contributed by atoms with Crippen molar-refractivity contribution in [2.45, 2.75) is 17.2 Å². The molecule has 2 nitrogen and oxygen atoms in total. The average molecular weight is 314 g/mol. The van der Waals surface area contributed by atoms with Gasteiger partial charge in [-0.25, -0.2) is 0 Å². The van der Waals surface area contributed by atoms with E-state index in [2.05, 4.69) is 0 Å². The van der Waals surface area contributed by atoms with Crippen LogP contribution >= 0.6 is 23.2 Å². The number of benzene rings is 2. The molecular formula is C14H13Cl2NOS. The first-order valence-electron chi connectivity index (χ1n) is 5.72. The molecule has 0 fully saturated rings. The van der Waals surface area contributed by atoms with Crippen LogP contribution in [0.3, 0.4) is 0 Å². The molecule has 1 unspecified atom stereocenters. The Labute approximate surface area is 125 Å². The third-order valence-corrected chi connectivity index (χ3v) is 4.87. The van der Waals surface area contributed by atoms with Crippen molar-refractivity contribution in [3.8, 4) is 0 Å². The second-order valence-corrected chi connectivity index (χ2v) is 6.30. The van der Waals surface area contributed by atoms with Gasteiger partial charge in [-0.15, -0.1) is 0 Å². The molecule has 0 aromatic heterocycles. The van der Waals surface area contributed by atoms with Gasteiger partial charge in [0.1, 0.15) is 0 Å². The van der Waals surface area contributed by atoms with Crippen LogP contribution in [0.25, 0.3) is 0 Å². The summed E-state index contributed by atoms with van der Waals surface area (Å²) in [5.74, 6) is 0.422. The maximum atomic E-state index is 12.3. The van der Waals surface area contributed by atoms with Gasteiger partial charge in [0.15, 0.2) is 0 Å². The predicted octanol–water partition coefficient (Wildman–Crippen LogP) is 3.76. The van der Waals surface area contributed by atoms with Crippen LogP contribution in [-0.4, -0.2) is 4.21 Å². The van der Waals surface area contributed by atoms with Crippen molar-refractivity contribution in [3.05, 3.63) is 63.6 Å². The summed E-state index contributed by atoms with van der Waals surface area (Å²) in [7, 11) is -1.16. The molecule has 0 spiro atoms. The van der Waals surface area contributed by atoms with E-state index in [0.717, 1.165) is 11.1 Å². The van der Waals surface area contributed by atoms with Crippen molar-refractivity contribution in [2.75, 3.05) is 0 Å². The first kappa shape index (κ1) is 14.5. The van der Waals surface area contributed by atoms with Crippen LogP contribution in [0.1, 0.15) is 11.1 Å². The van der Waals surface area contributed by atoms with Crippen LogP contribution in [0.2, 0.25) is 10.0 Å². The standard InChI is InChI=1S/C14H13Cl2NOS/c15-13-6-5-12(7-14(13)16)19(18)9-11-4-2-1-3-10(11)8-17/h1-7H,8-9,17H2. The summed E-state index contributed by atoms with van der Waals surface area (Å²) in [6.45, 7) is 0.439. The van der Waals surface area contributed by atoms with E-state index in [1.165, 1.54) is 0 Å². The van der Waals surface area contributed by atoms with Crippen molar-refractivity contribution in [2.24, 2.45) is 5.73 Å². The van der Waals surface area contributed by atoms with E-state index in [0.29, 0.717) is 27.2 Å². The second kappa shape index (κ2) is 6.53. The van der Waals surface area contributed by atoms with Crippen LogP contribution < -0.4 is 5.73 Å². The van der Waals surface area contributed by atoms with Gasteiger partial charge in [0.05, 0.1) is 26.6 Å². The fourth-order valence-electron chi connectivity index (χ4n) is 1.74. The quantitative estimate of drug-likeness (QED) is 0.934. The van der Waals surface area contributed by atoms with E-state index in [1.54, 1.807) is 18.2 Å². The molecule has 5 heteroatoms. The maximum absolute atomic E-state index is 12.3. The molecule has 2 rings (SSSR count). The monoisotopic (exact) mass is 313 g/mol. The fourth-order valence-corrected chi connectivity index (χ4v) is 3.30. The van der Waals surface area contributed by atoms with Gasteiger partial charge in [0.25, 0.3) is 0 Å². The molecule has 0 aliphatic rings. The molecule has 0 aliphatic carbocycles. The van der Waals surface area contributed by atoms with E-state index in [1.807, 2.05) is 24.3 Å². The van der Waals surface area contributed by atoms with Gasteiger partial charge in [0.2, 0.25) is 0 Å². The molecule has 1 atom stereocenters. The molecule has 0 aliphatic heterocycles. The third kappa shape index (κ3) is 3.57. The maximum Gasteiger partial charge on any atom is 0.0604 e. The smallest absolute Gasteiger partial charge is 0.0604 e. The largest absolute Gasteiger partial charge is 0.326 e. The normalized spacial score (nSPS) is 12.4. The number of hydrogen-bond donors (Lipinski definition) is 1. The Bertz CT molecular complexity index is 616. The summed E-state index contributed by atoms with van der Waals surface area (Å²) < 4.78 is 12.3. The van der Waals surface area contributed by atoms with Gasteiger partial charge in [-0.3, -0.25) is 4.21 Å². The lowest BCUT2D eigenvalue weighted by molar-refractivity contribution is 0.682. The summed E-state index contributed by atoms with van der Waals surface area (Å²) in [5, 5.41) is 0.879. The van der Waals surface area contributed by atoms with E-state index in [9.17, 15) is 4.21 Å². The van der Waals surface area contributed by atoms with Gasteiger partial charge in [-0.05, 0) is 29.3 Å². The van der Waals surface area contributed by atoms with Crippen molar-refractivity contribution in [1.29, 1.82) is 0 Å². The number of halogens is 2. The number of hydrogen-bond acceptors (Lipinski definition) is 2. The van der Waals surface area contributed by atoms with Crippen LogP contribution in [0.15, 0.2) is 47.4 Å². The van der Waals surface area contributed by atoms with Gasteiger partial charge in [-0.2, -0.15) is 0 Å². The topological polar surface area (TPSA) is 43.1 Å². The molecule has 0 bridgehead atoms. The van der Waals surface area contributed by atoms with Gasteiger partial charge >= 0.3 is 0 Å². The Morgan fingerprint density at radius 2 is 1.68 bits per heavy atom. The van der Waals surface area contributed by atoms with Gasteiger partial charge in [-0.1, -0.05) is 47.5 Å². The molecule has 0 amide bonds. The highest BCUT2D eigenvalue weighted by atomic mass is 35.5. The SMILES string of the molecule is NCc1ccccc1CS(=O)c1ccc(Cl)c(Cl)c1. The Hall–Kier alpha value is -0.870. The molecule has 19 heavy (non-hydrogen) atoms. The molecule has 0 saturated carbocycles. The van der Waals surface area contributed by atoms with E-state index < -0.39 is 10.8 Å². The lowest BCUT2D eigenvalue weighted by Crippen LogP contribution is -2.04. The lowest BCUT2D eigenvalue weighted by Gasteiger charge is -2.08. The lowest BCUT2D eigenvalue weighted by atomic mass is 10.1. The van der Waals surface area contributed by atoms with Crippen molar-refractivity contribution in [3.63, 3.8) is 0 Å². The molecular weight excluding hydrogens is 301 g/mol. The first-order chi connectivity index (χ1) is 9.11. The van der Waals surface area contributed by atoms with Crippen LogP contribution in [0.4, 0.5) is 0 Å². The minimum atomic E-state index is -1.16. The summed E-state index contributed by atoms with van der Waals surface area (Å²) in [4.78, 5) is 0.668. The number of nitrogens with two attached hydrogens (primary N) is 1. The minimum absolute atomic E-state index is 0.416. The number of rotatable bonds is 4. The van der Waals surface area contributed by atoms with E-state index in [-0.39, 0.29) is 0 Å². The van der Waals surface area contributed by atoms with Crippen LogP contribution in [-0.2, 0) is 23.1 Å². The Kier molecular flexibility index (Phi) is 4.99. The van der Waals surface area contributed by atoms with Crippen LogP contribution in [0.5, 0.6) is 0 Å². The summed E-state index contributed by atoms with van der Waals surface area (Å²) in [6.07, 6.45) is 0. The Morgan fingerprint density at radius 3 is 2.32 bits per heavy atom. The molecule has 100 valence electrons. The van der Waals surface area contributed by atoms with E-state index in [4.69, 9.17) is 28.9 Å². The zero-order valence-corrected chi connectivity index (χ0v) is 12.4. The second-order valence-electron chi connectivity index (χ2n) is 4.04. The van der Waals surface area contributed by atoms with E-state index >= 15 is 0 Å². The van der Waals surface area contributed by atoms with Crippen LogP contribution in [0, 0.1) is 0 Å². The van der Waals surface area contributed by atoms with Gasteiger partial charge < -0.3 is 5.73 Å². The summed E-state index contributed by atoms with van der Waals surface area (Å²) in [5.41, 5.74) is 7.68. The molecule has 0 heterocycles. The first-order valence-corrected chi connectivity index (χ1v) is 7.79. The average Bonchev–Trinajstić information content (AvgIpc) is 2.42. The highest BCUT2D eigenvalue weighted by molar-refractivity contribution is 7.84. The molecule has 0 radical (unpaired) electrons.